The van der Waals surface area contributed by atoms with E-state index in [1.165, 1.54) is 11.3 Å². The first-order chi connectivity index (χ1) is 10.3. The molecule has 2 amide bonds. The number of hydrogen-bond acceptors (Lipinski definition) is 2. The van der Waals surface area contributed by atoms with Gasteiger partial charge in [-0.05, 0) is 47.0 Å². The Morgan fingerprint density at radius 2 is 2.09 bits per heavy atom. The van der Waals surface area contributed by atoms with Crippen LogP contribution in [-0.2, 0) is 6.54 Å². The van der Waals surface area contributed by atoms with Gasteiger partial charge in [0.2, 0.25) is 0 Å². The number of carbonyl (C=O) groups is 1. The second kappa shape index (κ2) is 6.83. The summed E-state index contributed by atoms with van der Waals surface area (Å²) in [7, 11) is 0. The minimum absolute atomic E-state index is 0.0827. The van der Waals surface area contributed by atoms with Gasteiger partial charge in [-0.1, -0.05) is 12.1 Å². The molecule has 7 heteroatoms. The van der Waals surface area contributed by atoms with Gasteiger partial charge in [-0.3, -0.25) is 0 Å². The number of nitrogens with one attached hydrogen (secondary N) is 1. The first kappa shape index (κ1) is 16.4. The van der Waals surface area contributed by atoms with E-state index in [-0.39, 0.29) is 6.54 Å². The summed E-state index contributed by atoms with van der Waals surface area (Å²) in [4.78, 5) is 12.9. The fourth-order valence-corrected chi connectivity index (χ4v) is 2.60. The summed E-state index contributed by atoms with van der Waals surface area (Å²) in [5, 5.41) is 6.00. The zero-order valence-electron chi connectivity index (χ0n) is 11.9. The Kier molecular flexibility index (Phi) is 5.07. The number of carbonyl (C=O) groups excluding carboxylic acids is 1. The third-order valence-corrected chi connectivity index (χ3v) is 3.61. The van der Waals surface area contributed by atoms with Crippen molar-refractivity contribution in [1.82, 2.24) is 4.90 Å². The van der Waals surface area contributed by atoms with E-state index >= 15 is 0 Å². The smallest absolute Gasteiger partial charge is 0.311 e. The topological polar surface area (TPSA) is 32.3 Å². The highest BCUT2D eigenvalue weighted by Crippen LogP contribution is 2.20. The van der Waals surface area contributed by atoms with Crippen LogP contribution >= 0.6 is 11.3 Å². The summed E-state index contributed by atoms with van der Waals surface area (Å²) in [6, 6.07) is 7.85. The van der Waals surface area contributed by atoms with Crippen molar-refractivity contribution in [3.05, 3.63) is 52.2 Å². The molecule has 1 aromatic carbocycles. The largest absolute Gasteiger partial charge is 0.406 e. The molecule has 22 heavy (non-hydrogen) atoms. The number of thiophene rings is 1. The van der Waals surface area contributed by atoms with Gasteiger partial charge in [-0.15, -0.1) is 0 Å². The van der Waals surface area contributed by atoms with Crippen LogP contribution in [0.3, 0.4) is 0 Å². The van der Waals surface area contributed by atoms with E-state index in [0.717, 1.165) is 10.5 Å². The molecule has 3 nitrogen and oxygen atoms in total. The predicted molar refractivity (Wildman–Crippen MR) is 81.0 cm³/mol. The molecule has 1 heterocycles. The maximum atomic E-state index is 12.7. The number of aryl methyl sites for hydroxylation is 1. The van der Waals surface area contributed by atoms with Crippen LogP contribution in [-0.4, -0.2) is 23.7 Å². The van der Waals surface area contributed by atoms with Crippen molar-refractivity contribution >= 4 is 23.1 Å². The highest BCUT2D eigenvalue weighted by Gasteiger charge is 2.33. The van der Waals surface area contributed by atoms with E-state index in [2.05, 4.69) is 5.32 Å². The van der Waals surface area contributed by atoms with E-state index in [4.69, 9.17) is 0 Å². The van der Waals surface area contributed by atoms with E-state index in [9.17, 15) is 18.0 Å². The number of urea groups is 1. The second-order valence-electron chi connectivity index (χ2n) is 4.90. The molecule has 0 aliphatic carbocycles. The zero-order chi connectivity index (χ0) is 16.2. The molecule has 0 saturated carbocycles. The highest BCUT2D eigenvalue weighted by atomic mass is 32.1. The number of amides is 2. The summed E-state index contributed by atoms with van der Waals surface area (Å²) >= 11 is 1.38. The van der Waals surface area contributed by atoms with Crippen LogP contribution in [0.1, 0.15) is 11.1 Å². The van der Waals surface area contributed by atoms with Crippen molar-refractivity contribution < 1.29 is 18.0 Å². The lowest BCUT2D eigenvalue weighted by atomic mass is 10.2. The van der Waals surface area contributed by atoms with Gasteiger partial charge in [-0.25, -0.2) is 4.79 Å². The quantitative estimate of drug-likeness (QED) is 0.870. The molecule has 0 saturated heterocycles. The van der Waals surface area contributed by atoms with Crippen LogP contribution in [0.5, 0.6) is 0 Å². The number of anilines is 1. The second-order valence-corrected chi connectivity index (χ2v) is 5.68. The first-order valence-electron chi connectivity index (χ1n) is 6.54. The Hall–Kier alpha value is -2.02. The van der Waals surface area contributed by atoms with Crippen LogP contribution in [0.15, 0.2) is 41.1 Å². The standard InChI is InChI=1S/C15H15F3N2OS/c1-11-3-2-4-13(7-11)19-14(21)20(10-15(16,17)18)8-12-5-6-22-9-12/h2-7,9H,8,10H2,1H3,(H,19,21). The monoisotopic (exact) mass is 328 g/mol. The Labute approximate surface area is 130 Å². The van der Waals surface area contributed by atoms with Gasteiger partial charge in [0.15, 0.2) is 0 Å². The maximum absolute atomic E-state index is 12.7. The van der Waals surface area contributed by atoms with Gasteiger partial charge in [0, 0.05) is 12.2 Å². The Morgan fingerprint density at radius 3 is 2.68 bits per heavy atom. The fraction of sp³-hybridized carbons (Fsp3) is 0.267. The van der Waals surface area contributed by atoms with Crippen molar-refractivity contribution in [3.8, 4) is 0 Å². The molecule has 0 spiro atoms. The molecule has 0 fully saturated rings. The van der Waals surface area contributed by atoms with Gasteiger partial charge < -0.3 is 10.2 Å². The molecule has 1 aromatic heterocycles. The Balaban J connectivity index is 2.11. The van der Waals surface area contributed by atoms with Gasteiger partial charge >= 0.3 is 12.2 Å². The number of halogens is 3. The number of rotatable bonds is 4. The molecule has 0 aliphatic rings. The molecule has 0 unspecified atom stereocenters. The minimum Gasteiger partial charge on any atom is -0.311 e. The molecule has 1 N–H and O–H groups in total. The van der Waals surface area contributed by atoms with Crippen LogP contribution in [0.4, 0.5) is 23.7 Å². The van der Waals surface area contributed by atoms with Crippen LogP contribution < -0.4 is 5.32 Å². The molecular weight excluding hydrogens is 313 g/mol. The third-order valence-electron chi connectivity index (χ3n) is 2.88. The average Bonchev–Trinajstić information content (AvgIpc) is 2.89. The molecule has 2 aromatic rings. The number of benzene rings is 1. The molecule has 2 rings (SSSR count). The van der Waals surface area contributed by atoms with Crippen molar-refractivity contribution in [1.29, 1.82) is 0 Å². The zero-order valence-corrected chi connectivity index (χ0v) is 12.7. The fourth-order valence-electron chi connectivity index (χ4n) is 1.94. The van der Waals surface area contributed by atoms with E-state index in [1.807, 2.05) is 13.0 Å². The summed E-state index contributed by atoms with van der Waals surface area (Å²) in [5.41, 5.74) is 2.06. The van der Waals surface area contributed by atoms with E-state index < -0.39 is 18.8 Å². The van der Waals surface area contributed by atoms with Crippen molar-refractivity contribution in [2.24, 2.45) is 0 Å². The number of alkyl halides is 3. The van der Waals surface area contributed by atoms with Gasteiger partial charge in [0.05, 0.1) is 0 Å². The predicted octanol–water partition coefficient (Wildman–Crippen LogP) is 4.65. The van der Waals surface area contributed by atoms with Crippen LogP contribution in [0.25, 0.3) is 0 Å². The molecular formula is C15H15F3N2OS. The van der Waals surface area contributed by atoms with Crippen LogP contribution in [0.2, 0.25) is 0 Å². The molecule has 0 aliphatic heterocycles. The van der Waals surface area contributed by atoms with E-state index in [0.29, 0.717) is 11.3 Å². The normalized spacial score (nSPS) is 11.3. The highest BCUT2D eigenvalue weighted by molar-refractivity contribution is 7.07. The lowest BCUT2D eigenvalue weighted by molar-refractivity contribution is -0.140. The summed E-state index contributed by atoms with van der Waals surface area (Å²) in [5.74, 6) is 0. The molecule has 0 bridgehead atoms. The van der Waals surface area contributed by atoms with E-state index in [1.54, 1.807) is 35.0 Å². The van der Waals surface area contributed by atoms with Gasteiger partial charge in [-0.2, -0.15) is 24.5 Å². The third kappa shape index (κ3) is 5.07. The summed E-state index contributed by atoms with van der Waals surface area (Å²) in [6.07, 6.45) is -4.44. The number of hydrogen-bond donors (Lipinski definition) is 1. The Bertz CT molecular complexity index is 626. The lowest BCUT2D eigenvalue weighted by Gasteiger charge is -2.24. The minimum atomic E-state index is -4.44. The lowest BCUT2D eigenvalue weighted by Crippen LogP contribution is -2.40. The number of nitrogens with zero attached hydrogens (tertiary/aromatic N) is 1. The summed E-state index contributed by atoms with van der Waals surface area (Å²) in [6.45, 7) is 0.468. The van der Waals surface area contributed by atoms with Crippen LogP contribution in [0, 0.1) is 6.92 Å². The molecule has 0 atom stereocenters. The Morgan fingerprint density at radius 1 is 1.32 bits per heavy atom. The van der Waals surface area contributed by atoms with Crippen molar-refractivity contribution in [2.45, 2.75) is 19.6 Å². The van der Waals surface area contributed by atoms with Gasteiger partial charge in [0.1, 0.15) is 6.54 Å². The SMILES string of the molecule is Cc1cccc(NC(=O)N(Cc2ccsc2)CC(F)(F)F)c1. The summed E-state index contributed by atoms with van der Waals surface area (Å²) < 4.78 is 38.0. The first-order valence-corrected chi connectivity index (χ1v) is 7.48. The molecule has 118 valence electrons. The van der Waals surface area contributed by atoms with Gasteiger partial charge in [0.25, 0.3) is 0 Å². The molecule has 0 radical (unpaired) electrons. The maximum Gasteiger partial charge on any atom is 0.406 e. The average molecular weight is 328 g/mol. The van der Waals surface area contributed by atoms with Crippen molar-refractivity contribution in [3.63, 3.8) is 0 Å². The van der Waals surface area contributed by atoms with Crippen molar-refractivity contribution in [2.75, 3.05) is 11.9 Å².